The SMILES string of the molecule is CCC(CCC[Si](OC)(OC)OC)C(=O)C(CC)CCC[Si](OC)(OC)OC. The minimum atomic E-state index is -2.57. The van der Waals surface area contributed by atoms with Crippen molar-refractivity contribution in [3.05, 3.63) is 0 Å². The summed E-state index contributed by atoms with van der Waals surface area (Å²) in [6.07, 6.45) is 5.09. The van der Waals surface area contributed by atoms with Crippen molar-refractivity contribution < 1.29 is 31.4 Å². The Balaban J connectivity index is 4.70. The number of rotatable bonds is 18. The van der Waals surface area contributed by atoms with Crippen molar-refractivity contribution in [2.75, 3.05) is 42.7 Å². The molecule has 2 unspecified atom stereocenters. The Hall–Kier alpha value is -0.136. The van der Waals surface area contributed by atoms with Gasteiger partial charge in [0, 0.05) is 66.6 Å². The minimum absolute atomic E-state index is 0.0662. The van der Waals surface area contributed by atoms with E-state index in [0.717, 1.165) is 50.6 Å². The van der Waals surface area contributed by atoms with Gasteiger partial charge in [-0.05, 0) is 38.5 Å². The van der Waals surface area contributed by atoms with E-state index in [1.54, 1.807) is 42.7 Å². The van der Waals surface area contributed by atoms with Crippen LogP contribution in [0.5, 0.6) is 0 Å². The smallest absolute Gasteiger partial charge is 0.377 e. The van der Waals surface area contributed by atoms with Crippen LogP contribution in [0.15, 0.2) is 0 Å². The Morgan fingerprint density at radius 1 is 0.643 bits per heavy atom. The maximum Gasteiger partial charge on any atom is 0.500 e. The van der Waals surface area contributed by atoms with Crippen LogP contribution in [-0.4, -0.2) is 66.1 Å². The molecule has 0 heterocycles. The lowest BCUT2D eigenvalue weighted by molar-refractivity contribution is -0.127. The highest BCUT2D eigenvalue weighted by Crippen LogP contribution is 2.27. The molecule has 0 amide bonds. The first-order valence-electron chi connectivity index (χ1n) is 10.2. The van der Waals surface area contributed by atoms with E-state index < -0.39 is 17.6 Å². The molecule has 0 aliphatic rings. The Labute approximate surface area is 174 Å². The highest BCUT2D eigenvalue weighted by molar-refractivity contribution is 6.60. The first-order valence-corrected chi connectivity index (χ1v) is 14.1. The summed E-state index contributed by atoms with van der Waals surface area (Å²) < 4.78 is 32.9. The quantitative estimate of drug-likeness (QED) is 0.300. The van der Waals surface area contributed by atoms with Gasteiger partial charge in [0.15, 0.2) is 0 Å². The van der Waals surface area contributed by atoms with Crippen LogP contribution < -0.4 is 0 Å². The molecule has 0 aromatic heterocycles. The van der Waals surface area contributed by atoms with E-state index in [1.165, 1.54) is 0 Å². The van der Waals surface area contributed by atoms with Gasteiger partial charge < -0.3 is 26.6 Å². The lowest BCUT2D eigenvalue weighted by Gasteiger charge is -2.26. The largest absolute Gasteiger partial charge is 0.500 e. The number of Topliss-reactive ketones (excluding diaryl/α,β-unsaturated/α-hetero) is 1. The molecule has 0 fully saturated rings. The highest BCUT2D eigenvalue weighted by atomic mass is 28.4. The summed E-state index contributed by atoms with van der Waals surface area (Å²) >= 11 is 0. The van der Waals surface area contributed by atoms with Gasteiger partial charge in [-0.25, -0.2) is 0 Å². The second-order valence-electron chi connectivity index (χ2n) is 6.99. The number of ketones is 1. The van der Waals surface area contributed by atoms with Crippen LogP contribution in [0.4, 0.5) is 0 Å². The summed E-state index contributed by atoms with van der Waals surface area (Å²) in [5.74, 6) is 0.497. The third-order valence-electron chi connectivity index (χ3n) is 5.73. The van der Waals surface area contributed by atoms with Gasteiger partial charge in [-0.15, -0.1) is 0 Å². The maximum atomic E-state index is 13.1. The maximum absolute atomic E-state index is 13.1. The van der Waals surface area contributed by atoms with Crippen LogP contribution in [0.2, 0.25) is 12.1 Å². The van der Waals surface area contributed by atoms with Gasteiger partial charge in [0.1, 0.15) is 5.78 Å². The molecule has 0 aromatic rings. The molecule has 0 aliphatic carbocycles. The summed E-state index contributed by atoms with van der Waals surface area (Å²) in [5, 5.41) is 0. The zero-order valence-corrected chi connectivity index (χ0v) is 21.2. The van der Waals surface area contributed by atoms with Gasteiger partial charge in [-0.2, -0.15) is 0 Å². The van der Waals surface area contributed by atoms with Crippen molar-refractivity contribution in [2.45, 2.75) is 64.5 Å². The summed E-state index contributed by atoms with van der Waals surface area (Å²) in [5.41, 5.74) is 0. The monoisotopic (exact) mass is 438 g/mol. The molecule has 0 rings (SSSR count). The van der Waals surface area contributed by atoms with Gasteiger partial charge in [0.05, 0.1) is 0 Å². The molecule has 0 saturated heterocycles. The van der Waals surface area contributed by atoms with Crippen LogP contribution in [0.25, 0.3) is 0 Å². The molecule has 0 aromatic carbocycles. The molecule has 0 aliphatic heterocycles. The molecule has 0 saturated carbocycles. The predicted molar refractivity (Wildman–Crippen MR) is 114 cm³/mol. The van der Waals surface area contributed by atoms with Crippen LogP contribution in [0.1, 0.15) is 52.4 Å². The lowest BCUT2D eigenvalue weighted by atomic mass is 9.84. The van der Waals surface area contributed by atoms with Crippen molar-refractivity contribution in [1.29, 1.82) is 0 Å². The van der Waals surface area contributed by atoms with Crippen molar-refractivity contribution in [3.63, 3.8) is 0 Å². The van der Waals surface area contributed by atoms with Gasteiger partial charge in [-0.1, -0.05) is 13.8 Å². The van der Waals surface area contributed by atoms with E-state index in [2.05, 4.69) is 13.8 Å². The number of hydrogen-bond acceptors (Lipinski definition) is 7. The first kappa shape index (κ1) is 27.9. The van der Waals surface area contributed by atoms with Crippen molar-refractivity contribution in [1.82, 2.24) is 0 Å². The third-order valence-corrected chi connectivity index (χ3v) is 11.4. The molecule has 0 radical (unpaired) electrons. The summed E-state index contributed by atoms with van der Waals surface area (Å²) in [7, 11) is 4.60. The van der Waals surface area contributed by atoms with Crippen LogP contribution in [-0.2, 0) is 31.4 Å². The van der Waals surface area contributed by atoms with E-state index in [1.807, 2.05) is 0 Å². The second-order valence-corrected chi connectivity index (χ2v) is 13.2. The molecule has 28 heavy (non-hydrogen) atoms. The first-order chi connectivity index (χ1) is 13.4. The van der Waals surface area contributed by atoms with Gasteiger partial charge in [-0.3, -0.25) is 4.79 Å². The standard InChI is InChI=1S/C19H42O7Si2/c1-9-17(13-11-15-27(21-3,22-4)23-5)19(20)18(10-2)14-12-16-28(24-6,25-7)26-8/h17-18H,9-16H2,1-8H3. The normalized spacial score (nSPS) is 14.9. The molecular weight excluding hydrogens is 396 g/mol. The van der Waals surface area contributed by atoms with E-state index in [9.17, 15) is 4.79 Å². The molecular formula is C19H42O7Si2. The zero-order valence-electron chi connectivity index (χ0n) is 19.2. The number of carbonyl (C=O) groups is 1. The van der Waals surface area contributed by atoms with Crippen LogP contribution in [0.3, 0.4) is 0 Å². The molecule has 9 heteroatoms. The average molecular weight is 439 g/mol. The topological polar surface area (TPSA) is 72.5 Å². The van der Waals surface area contributed by atoms with E-state index in [0.29, 0.717) is 5.78 Å². The Morgan fingerprint density at radius 3 is 1.14 bits per heavy atom. The molecule has 168 valence electrons. The summed E-state index contributed by atoms with van der Waals surface area (Å²) in [6.45, 7) is 4.17. The van der Waals surface area contributed by atoms with Gasteiger partial charge in [0.25, 0.3) is 0 Å². The van der Waals surface area contributed by atoms with Gasteiger partial charge in [0.2, 0.25) is 0 Å². The lowest BCUT2D eigenvalue weighted by Crippen LogP contribution is -2.42. The van der Waals surface area contributed by atoms with E-state index in [-0.39, 0.29) is 11.8 Å². The predicted octanol–water partition coefficient (Wildman–Crippen LogP) is 3.92. The summed E-state index contributed by atoms with van der Waals surface area (Å²) in [6, 6.07) is 1.45. The molecule has 2 atom stereocenters. The van der Waals surface area contributed by atoms with Crippen LogP contribution >= 0.6 is 0 Å². The fraction of sp³-hybridized carbons (Fsp3) is 0.947. The number of carbonyl (C=O) groups excluding carboxylic acids is 1. The molecule has 0 spiro atoms. The average Bonchev–Trinajstić information content (AvgIpc) is 2.75. The van der Waals surface area contributed by atoms with Crippen molar-refractivity contribution in [2.24, 2.45) is 11.8 Å². The van der Waals surface area contributed by atoms with Crippen molar-refractivity contribution in [3.8, 4) is 0 Å². The highest BCUT2D eigenvalue weighted by Gasteiger charge is 2.39. The fourth-order valence-corrected chi connectivity index (χ4v) is 7.17. The van der Waals surface area contributed by atoms with Crippen molar-refractivity contribution >= 4 is 23.4 Å². The second kappa shape index (κ2) is 14.8. The number of hydrogen-bond donors (Lipinski definition) is 0. The summed E-state index contributed by atoms with van der Waals surface area (Å²) in [4.78, 5) is 13.1. The Kier molecular flexibility index (Phi) is 14.7. The third kappa shape index (κ3) is 8.31. The fourth-order valence-electron chi connectivity index (χ4n) is 3.67. The molecule has 7 nitrogen and oxygen atoms in total. The Bertz CT molecular complexity index is 363. The minimum Gasteiger partial charge on any atom is -0.377 e. The van der Waals surface area contributed by atoms with Crippen LogP contribution in [0, 0.1) is 11.8 Å². The molecule has 0 N–H and O–H groups in total. The van der Waals surface area contributed by atoms with E-state index in [4.69, 9.17) is 26.6 Å². The van der Waals surface area contributed by atoms with E-state index >= 15 is 0 Å². The van der Waals surface area contributed by atoms with Gasteiger partial charge >= 0.3 is 17.6 Å². The zero-order chi connectivity index (χ0) is 21.6. The molecule has 0 bridgehead atoms. The Morgan fingerprint density at radius 2 is 0.929 bits per heavy atom.